The average Bonchev–Trinajstić information content (AvgIpc) is 1.53. The molecule has 64 valence electrons. The summed E-state index contributed by atoms with van der Waals surface area (Å²) in [6.07, 6.45) is -10.8. The third kappa shape index (κ3) is 5.37. The summed E-state index contributed by atoms with van der Waals surface area (Å²) in [5.74, 6) is 0. The molecule has 8 heteroatoms. The Hall–Kier alpha value is -1.08. The van der Waals surface area contributed by atoms with Gasteiger partial charge in [0.2, 0.25) is 0 Å². The lowest BCUT2D eigenvalue weighted by molar-refractivity contribution is 0.0167. The lowest BCUT2D eigenvalue weighted by Crippen LogP contribution is -2.10. The Kier molecular flexibility index (Phi) is 3.02. The molecular formula is C3F6N2. The van der Waals surface area contributed by atoms with Gasteiger partial charge in [0.25, 0.3) is 0 Å². The van der Waals surface area contributed by atoms with E-state index in [0.717, 1.165) is 0 Å². The second kappa shape index (κ2) is 3.35. The molecule has 0 unspecified atom stereocenters. The van der Waals surface area contributed by atoms with Crippen LogP contribution in [0.2, 0.25) is 0 Å². The van der Waals surface area contributed by atoms with Gasteiger partial charge in [-0.2, -0.15) is 26.3 Å². The first kappa shape index (κ1) is 9.92. The molecule has 0 aromatic carbocycles. The highest BCUT2D eigenvalue weighted by Gasteiger charge is 2.29. The molecule has 11 heavy (non-hydrogen) atoms. The third-order valence-corrected chi connectivity index (χ3v) is 0.438. The third-order valence-electron chi connectivity index (χ3n) is 0.438. The minimum Gasteiger partial charge on any atom is -0.157 e. The molecule has 0 aliphatic heterocycles. The quantitative estimate of drug-likeness (QED) is 0.351. The average molecular weight is 178 g/mol. The van der Waals surface area contributed by atoms with Gasteiger partial charge in [-0.05, 0) is 0 Å². The van der Waals surface area contributed by atoms with Crippen LogP contribution in [0.5, 0.6) is 0 Å². The van der Waals surface area contributed by atoms with Gasteiger partial charge in [-0.1, -0.05) is 0 Å². The first-order chi connectivity index (χ1) is 4.83. The molecule has 0 aromatic heterocycles. The highest BCUT2D eigenvalue weighted by molar-refractivity contribution is 5.66. The van der Waals surface area contributed by atoms with E-state index in [1.54, 1.807) is 0 Å². The van der Waals surface area contributed by atoms with Crippen LogP contribution in [0.3, 0.4) is 0 Å². The zero-order valence-corrected chi connectivity index (χ0v) is 4.66. The predicted octanol–water partition coefficient (Wildman–Crippen LogP) is 2.13. The summed E-state index contributed by atoms with van der Waals surface area (Å²) in [5, 5.41) is 0. The minimum atomic E-state index is -4.78. The Labute approximate surface area is 56.3 Å². The zero-order valence-electron chi connectivity index (χ0n) is 4.66. The Morgan fingerprint density at radius 1 is 0.818 bits per heavy atom. The van der Waals surface area contributed by atoms with Crippen molar-refractivity contribution >= 4 is 12.4 Å². The molecule has 0 spiro atoms. The maximum absolute atomic E-state index is 11.6. The second-order valence-corrected chi connectivity index (χ2v) is 1.21. The predicted molar refractivity (Wildman–Crippen MR) is 24.2 cm³/mol. The van der Waals surface area contributed by atoms with Crippen LogP contribution in [0.25, 0.3) is 0 Å². The standard InChI is InChI=1S/C3F6N2/c4-1(5)10-3(8,9)11-2(6)7. The van der Waals surface area contributed by atoms with Crippen LogP contribution in [-0.2, 0) is 0 Å². The number of aliphatic imine (C=N–C) groups is 2. The summed E-state index contributed by atoms with van der Waals surface area (Å²) in [6.45, 7) is 0. The van der Waals surface area contributed by atoms with Crippen molar-refractivity contribution in [1.82, 2.24) is 0 Å². The molecule has 0 N–H and O–H groups in total. The molecule has 0 radical (unpaired) electrons. The maximum Gasteiger partial charge on any atom is 0.458 e. The summed E-state index contributed by atoms with van der Waals surface area (Å²) < 4.78 is 66.9. The monoisotopic (exact) mass is 178 g/mol. The first-order valence-electron chi connectivity index (χ1n) is 2.03. The molecule has 0 aromatic rings. The largest absolute Gasteiger partial charge is 0.458 e. The lowest BCUT2D eigenvalue weighted by Gasteiger charge is -1.99. The Morgan fingerprint density at radius 2 is 1.09 bits per heavy atom. The molecule has 0 rings (SSSR count). The molecule has 0 aliphatic carbocycles. The van der Waals surface area contributed by atoms with Gasteiger partial charge in [0, 0.05) is 0 Å². The van der Waals surface area contributed by atoms with Gasteiger partial charge in [0.1, 0.15) is 0 Å². The van der Waals surface area contributed by atoms with Crippen molar-refractivity contribution in [1.29, 1.82) is 0 Å². The number of hydrogen-bond donors (Lipinski definition) is 0. The number of alkyl halides is 2. The van der Waals surface area contributed by atoms with E-state index in [0.29, 0.717) is 0 Å². The molecule has 0 saturated carbocycles. The van der Waals surface area contributed by atoms with Crippen molar-refractivity contribution in [2.45, 2.75) is 6.17 Å². The summed E-state index contributed by atoms with van der Waals surface area (Å²) in [4.78, 5) is 2.46. The summed E-state index contributed by atoms with van der Waals surface area (Å²) >= 11 is 0. The Morgan fingerprint density at radius 3 is 1.27 bits per heavy atom. The van der Waals surface area contributed by atoms with Crippen molar-refractivity contribution in [3.8, 4) is 0 Å². The lowest BCUT2D eigenvalue weighted by atomic mass is 10.9. The van der Waals surface area contributed by atoms with E-state index < -0.39 is 18.6 Å². The summed E-state index contributed by atoms with van der Waals surface area (Å²) in [5.41, 5.74) is 0. The number of halogens is 6. The van der Waals surface area contributed by atoms with Crippen LogP contribution in [0.4, 0.5) is 26.3 Å². The smallest absolute Gasteiger partial charge is 0.157 e. The van der Waals surface area contributed by atoms with E-state index in [4.69, 9.17) is 0 Å². The molecule has 0 saturated heterocycles. The van der Waals surface area contributed by atoms with Gasteiger partial charge in [0.05, 0.1) is 0 Å². The van der Waals surface area contributed by atoms with E-state index in [2.05, 4.69) is 0 Å². The number of hydrogen-bond acceptors (Lipinski definition) is 2. The fourth-order valence-electron chi connectivity index (χ4n) is 0.228. The molecule has 0 bridgehead atoms. The molecule has 2 nitrogen and oxygen atoms in total. The van der Waals surface area contributed by atoms with E-state index in [-0.39, 0.29) is 0 Å². The van der Waals surface area contributed by atoms with Gasteiger partial charge in [0.15, 0.2) is 0 Å². The highest BCUT2D eigenvalue weighted by Crippen LogP contribution is 2.18. The normalized spacial score (nSPS) is 10.7. The van der Waals surface area contributed by atoms with Gasteiger partial charge in [-0.3, -0.25) is 0 Å². The van der Waals surface area contributed by atoms with Crippen molar-refractivity contribution < 1.29 is 26.3 Å². The molecular weight excluding hydrogens is 178 g/mol. The van der Waals surface area contributed by atoms with E-state index in [1.165, 1.54) is 9.98 Å². The molecule has 0 aliphatic rings. The van der Waals surface area contributed by atoms with E-state index >= 15 is 0 Å². The molecule has 0 amide bonds. The molecule has 0 heterocycles. The summed E-state index contributed by atoms with van der Waals surface area (Å²) in [7, 11) is 0. The van der Waals surface area contributed by atoms with Crippen molar-refractivity contribution in [2.75, 3.05) is 0 Å². The fraction of sp³-hybridized carbons (Fsp3) is 0.333. The van der Waals surface area contributed by atoms with Crippen molar-refractivity contribution in [3.63, 3.8) is 0 Å². The first-order valence-corrected chi connectivity index (χ1v) is 2.03. The van der Waals surface area contributed by atoms with Crippen LogP contribution >= 0.6 is 0 Å². The van der Waals surface area contributed by atoms with Gasteiger partial charge >= 0.3 is 18.6 Å². The van der Waals surface area contributed by atoms with Gasteiger partial charge < -0.3 is 0 Å². The maximum atomic E-state index is 11.6. The Bertz CT molecular complexity index is 168. The highest BCUT2D eigenvalue weighted by atomic mass is 19.3. The van der Waals surface area contributed by atoms with Gasteiger partial charge in [-0.15, -0.1) is 9.98 Å². The topological polar surface area (TPSA) is 24.7 Å². The van der Waals surface area contributed by atoms with E-state index in [1.807, 2.05) is 0 Å². The van der Waals surface area contributed by atoms with Crippen LogP contribution in [-0.4, -0.2) is 18.6 Å². The fourth-order valence-corrected chi connectivity index (χ4v) is 0.228. The zero-order chi connectivity index (χ0) is 9.07. The van der Waals surface area contributed by atoms with E-state index in [9.17, 15) is 26.3 Å². The van der Waals surface area contributed by atoms with Gasteiger partial charge in [-0.25, -0.2) is 0 Å². The van der Waals surface area contributed by atoms with Crippen LogP contribution in [0, 0.1) is 0 Å². The number of rotatable bonds is 2. The summed E-state index contributed by atoms with van der Waals surface area (Å²) in [6, 6.07) is 0. The second-order valence-electron chi connectivity index (χ2n) is 1.21. The minimum absolute atomic E-state index is 1.23. The van der Waals surface area contributed by atoms with Crippen LogP contribution in [0.1, 0.15) is 0 Å². The molecule has 0 atom stereocenters. The SMILES string of the molecule is FC(F)=NC(F)(F)N=C(F)F. The van der Waals surface area contributed by atoms with Crippen molar-refractivity contribution in [3.05, 3.63) is 0 Å². The van der Waals surface area contributed by atoms with Crippen LogP contribution in [0.15, 0.2) is 9.98 Å². The van der Waals surface area contributed by atoms with Crippen LogP contribution < -0.4 is 0 Å². The molecule has 0 fully saturated rings. The Balaban J connectivity index is 4.48. The van der Waals surface area contributed by atoms with Crippen molar-refractivity contribution in [2.24, 2.45) is 9.98 Å². The number of nitrogens with zero attached hydrogens (tertiary/aromatic N) is 2.